The molecule has 0 aliphatic carbocycles. The van der Waals surface area contributed by atoms with E-state index in [1.165, 1.54) is 42.9 Å². The molecule has 2 aromatic rings. The molecule has 2 amide bonds. The molecular formula is C21H25N3O3. The number of nitrogens with one attached hydrogen (secondary N) is 2. The number of pyridine rings is 1. The van der Waals surface area contributed by atoms with Crippen LogP contribution in [0.1, 0.15) is 65.3 Å². The number of hydrogen-bond donors (Lipinski definition) is 2. The van der Waals surface area contributed by atoms with E-state index in [2.05, 4.69) is 22.8 Å². The molecule has 6 nitrogen and oxygen atoms in total. The first-order chi connectivity index (χ1) is 13.1. The standard InChI is InChI=1S/C21H25N3O3/c1-2-3-4-5-16-6-8-17(9-7-16)19(25)10-11-20(26)23-24-21(27)18-12-14-22-15-13-18/h6-9,12-15H,2-5,10-11H2,1H3,(H,23,26)(H,24,27). The molecule has 0 saturated heterocycles. The van der Waals surface area contributed by atoms with Crippen LogP contribution < -0.4 is 10.9 Å². The molecule has 6 heteroatoms. The number of hydrogen-bond acceptors (Lipinski definition) is 4. The fraction of sp³-hybridized carbons (Fsp3) is 0.333. The lowest BCUT2D eigenvalue weighted by Crippen LogP contribution is -2.41. The average molecular weight is 367 g/mol. The van der Waals surface area contributed by atoms with Crippen LogP contribution in [0, 0.1) is 0 Å². The predicted octanol–water partition coefficient (Wildman–Crippen LogP) is 3.24. The zero-order valence-corrected chi connectivity index (χ0v) is 15.5. The summed E-state index contributed by atoms with van der Waals surface area (Å²) in [5.41, 5.74) is 6.84. The molecule has 1 aromatic carbocycles. The summed E-state index contributed by atoms with van der Waals surface area (Å²) >= 11 is 0. The second-order valence-electron chi connectivity index (χ2n) is 6.32. The molecule has 142 valence electrons. The Morgan fingerprint density at radius 2 is 1.56 bits per heavy atom. The molecule has 2 rings (SSSR count). The highest BCUT2D eigenvalue weighted by Crippen LogP contribution is 2.11. The normalized spacial score (nSPS) is 10.3. The summed E-state index contributed by atoms with van der Waals surface area (Å²) in [5, 5.41) is 0. The topological polar surface area (TPSA) is 88.2 Å². The van der Waals surface area contributed by atoms with Crippen molar-refractivity contribution in [3.8, 4) is 0 Å². The Hall–Kier alpha value is -3.02. The first-order valence-corrected chi connectivity index (χ1v) is 9.21. The van der Waals surface area contributed by atoms with Gasteiger partial charge in [-0.05, 0) is 30.5 Å². The van der Waals surface area contributed by atoms with Gasteiger partial charge in [0.15, 0.2) is 5.78 Å². The third kappa shape index (κ3) is 7.01. The third-order valence-corrected chi connectivity index (χ3v) is 4.18. The summed E-state index contributed by atoms with van der Waals surface area (Å²) in [6.07, 6.45) is 7.63. The summed E-state index contributed by atoms with van der Waals surface area (Å²) in [6.45, 7) is 2.17. The number of hydrazine groups is 1. The summed E-state index contributed by atoms with van der Waals surface area (Å²) in [4.78, 5) is 39.7. The van der Waals surface area contributed by atoms with Crippen molar-refractivity contribution in [1.29, 1.82) is 0 Å². The van der Waals surface area contributed by atoms with Gasteiger partial charge in [-0.2, -0.15) is 0 Å². The zero-order valence-electron chi connectivity index (χ0n) is 15.5. The van der Waals surface area contributed by atoms with E-state index in [4.69, 9.17) is 0 Å². The summed E-state index contributed by atoms with van der Waals surface area (Å²) in [5.74, 6) is -0.941. The fourth-order valence-corrected chi connectivity index (χ4v) is 2.57. The smallest absolute Gasteiger partial charge is 0.269 e. The van der Waals surface area contributed by atoms with Gasteiger partial charge in [-0.1, -0.05) is 44.0 Å². The first kappa shape index (κ1) is 20.3. The van der Waals surface area contributed by atoms with Crippen molar-refractivity contribution in [2.75, 3.05) is 0 Å². The maximum atomic E-state index is 12.2. The number of nitrogens with zero attached hydrogens (tertiary/aromatic N) is 1. The van der Waals surface area contributed by atoms with Crippen LogP contribution in [-0.4, -0.2) is 22.6 Å². The van der Waals surface area contributed by atoms with Crippen molar-refractivity contribution in [2.24, 2.45) is 0 Å². The molecule has 0 aliphatic heterocycles. The highest BCUT2D eigenvalue weighted by molar-refractivity contribution is 5.98. The van der Waals surface area contributed by atoms with E-state index in [0.29, 0.717) is 11.1 Å². The van der Waals surface area contributed by atoms with Crippen molar-refractivity contribution in [1.82, 2.24) is 15.8 Å². The third-order valence-electron chi connectivity index (χ3n) is 4.18. The molecular weight excluding hydrogens is 342 g/mol. The van der Waals surface area contributed by atoms with Crippen LogP contribution in [0.25, 0.3) is 0 Å². The number of amides is 2. The van der Waals surface area contributed by atoms with Gasteiger partial charge in [0.1, 0.15) is 0 Å². The van der Waals surface area contributed by atoms with E-state index < -0.39 is 11.8 Å². The van der Waals surface area contributed by atoms with Gasteiger partial charge in [0.05, 0.1) is 0 Å². The molecule has 0 fully saturated rings. The molecule has 0 radical (unpaired) electrons. The van der Waals surface area contributed by atoms with Crippen molar-refractivity contribution < 1.29 is 14.4 Å². The molecule has 27 heavy (non-hydrogen) atoms. The summed E-state index contributed by atoms with van der Waals surface area (Å²) < 4.78 is 0. The zero-order chi connectivity index (χ0) is 19.5. The van der Waals surface area contributed by atoms with E-state index in [1.54, 1.807) is 0 Å². The number of carbonyl (C=O) groups excluding carboxylic acids is 3. The second-order valence-corrected chi connectivity index (χ2v) is 6.32. The molecule has 0 spiro atoms. The number of rotatable bonds is 9. The Morgan fingerprint density at radius 3 is 2.22 bits per heavy atom. The molecule has 0 bridgehead atoms. The SMILES string of the molecule is CCCCCc1ccc(C(=O)CCC(=O)NNC(=O)c2ccncc2)cc1. The van der Waals surface area contributed by atoms with Crippen LogP contribution in [-0.2, 0) is 11.2 Å². The Bertz CT molecular complexity index is 758. The van der Waals surface area contributed by atoms with Gasteiger partial charge in [-0.3, -0.25) is 30.2 Å². The van der Waals surface area contributed by atoms with Crippen LogP contribution in [0.4, 0.5) is 0 Å². The minimum absolute atomic E-state index is 0.00765. The van der Waals surface area contributed by atoms with E-state index in [-0.39, 0.29) is 18.6 Å². The van der Waals surface area contributed by atoms with Gasteiger partial charge in [-0.25, -0.2) is 0 Å². The van der Waals surface area contributed by atoms with Gasteiger partial charge in [0.25, 0.3) is 5.91 Å². The number of aryl methyl sites for hydroxylation is 1. The summed E-state index contributed by atoms with van der Waals surface area (Å²) in [7, 11) is 0. The molecule has 1 heterocycles. The number of ketones is 1. The number of carbonyl (C=O) groups is 3. The van der Waals surface area contributed by atoms with Crippen LogP contribution in [0.15, 0.2) is 48.8 Å². The second kappa shape index (κ2) is 10.9. The number of aromatic nitrogens is 1. The largest absolute Gasteiger partial charge is 0.294 e. The first-order valence-electron chi connectivity index (χ1n) is 9.21. The van der Waals surface area contributed by atoms with Gasteiger partial charge in [0, 0.05) is 36.4 Å². The minimum atomic E-state index is -0.435. The maximum absolute atomic E-state index is 12.2. The Balaban J connectivity index is 1.72. The number of Topliss-reactive ketones (excluding diaryl/α,β-unsaturated/α-hetero) is 1. The monoisotopic (exact) mass is 367 g/mol. The van der Waals surface area contributed by atoms with Crippen molar-refractivity contribution >= 4 is 17.6 Å². The van der Waals surface area contributed by atoms with E-state index in [1.807, 2.05) is 24.3 Å². The average Bonchev–Trinajstić information content (AvgIpc) is 2.71. The van der Waals surface area contributed by atoms with E-state index in [0.717, 1.165) is 12.8 Å². The Kier molecular flexibility index (Phi) is 8.16. The van der Waals surface area contributed by atoms with E-state index in [9.17, 15) is 14.4 Å². The molecule has 1 aromatic heterocycles. The quantitative estimate of drug-likeness (QED) is 0.405. The van der Waals surface area contributed by atoms with Crippen molar-refractivity contribution in [2.45, 2.75) is 45.4 Å². The molecule has 0 atom stereocenters. The fourth-order valence-electron chi connectivity index (χ4n) is 2.57. The lowest BCUT2D eigenvalue weighted by molar-refractivity contribution is -0.121. The van der Waals surface area contributed by atoms with Crippen LogP contribution in [0.3, 0.4) is 0 Å². The number of unbranched alkanes of at least 4 members (excludes halogenated alkanes) is 2. The highest BCUT2D eigenvalue weighted by atomic mass is 16.2. The van der Waals surface area contributed by atoms with Crippen LogP contribution >= 0.6 is 0 Å². The maximum Gasteiger partial charge on any atom is 0.269 e. The lowest BCUT2D eigenvalue weighted by Gasteiger charge is -2.07. The lowest BCUT2D eigenvalue weighted by atomic mass is 10.0. The number of benzene rings is 1. The predicted molar refractivity (Wildman–Crippen MR) is 103 cm³/mol. The highest BCUT2D eigenvalue weighted by Gasteiger charge is 2.11. The molecule has 2 N–H and O–H groups in total. The van der Waals surface area contributed by atoms with Gasteiger partial charge in [-0.15, -0.1) is 0 Å². The Labute approximate surface area is 159 Å². The van der Waals surface area contributed by atoms with Crippen LogP contribution in [0.2, 0.25) is 0 Å². The molecule has 0 unspecified atom stereocenters. The van der Waals surface area contributed by atoms with Crippen molar-refractivity contribution in [3.05, 3.63) is 65.5 Å². The van der Waals surface area contributed by atoms with Crippen LogP contribution in [0.5, 0.6) is 0 Å². The summed E-state index contributed by atoms with van der Waals surface area (Å²) in [6, 6.07) is 10.6. The van der Waals surface area contributed by atoms with Crippen molar-refractivity contribution in [3.63, 3.8) is 0 Å². The van der Waals surface area contributed by atoms with Gasteiger partial charge < -0.3 is 0 Å². The molecule has 0 aliphatic rings. The van der Waals surface area contributed by atoms with Gasteiger partial charge in [0.2, 0.25) is 5.91 Å². The van der Waals surface area contributed by atoms with E-state index >= 15 is 0 Å². The Morgan fingerprint density at radius 1 is 0.852 bits per heavy atom. The molecule has 0 saturated carbocycles. The van der Waals surface area contributed by atoms with Gasteiger partial charge >= 0.3 is 0 Å². The minimum Gasteiger partial charge on any atom is -0.294 e.